The number of β-lactam (4-membered cyclic amide) rings is 1. The molecule has 0 aromatic carbocycles. The van der Waals surface area contributed by atoms with Crippen LogP contribution in [0.15, 0.2) is 23.8 Å². The summed E-state index contributed by atoms with van der Waals surface area (Å²) in [7, 11) is 0. The van der Waals surface area contributed by atoms with Gasteiger partial charge in [-0.05, 0) is 32.3 Å². The quantitative estimate of drug-likeness (QED) is 0.349. The van der Waals surface area contributed by atoms with Crippen molar-refractivity contribution < 1.29 is 19.5 Å². The molecule has 4 atom stereocenters. The summed E-state index contributed by atoms with van der Waals surface area (Å²) >= 11 is 1.40. The average Bonchev–Trinajstić information content (AvgIpc) is 2.80. The van der Waals surface area contributed by atoms with E-state index in [2.05, 4.69) is 5.32 Å². The molecule has 0 radical (unpaired) electrons. The number of hydrogen-bond donors (Lipinski definition) is 3. The summed E-state index contributed by atoms with van der Waals surface area (Å²) in [6, 6.07) is -2.38. The van der Waals surface area contributed by atoms with Crippen molar-refractivity contribution in [3.05, 3.63) is 23.8 Å². The summed E-state index contributed by atoms with van der Waals surface area (Å²) in [6.45, 7) is 3.59. The van der Waals surface area contributed by atoms with E-state index in [0.29, 0.717) is 6.42 Å². The van der Waals surface area contributed by atoms with Crippen LogP contribution in [0.25, 0.3) is 0 Å². The standard InChI is InChI=1S/C16H21N3O4S.Na.H/c1-16(2)11(15(22)23)19-13(21)10(14(19)24-16)18-12(20)9(17)8-6-4-3-5-7-8;;/h3-4,7,9-11,14H,5-6,17H2,1-2H3,(H,18,20)(H,22,23);;/t9-,10-,11+,14-;;/m1../s1. The van der Waals surface area contributed by atoms with Gasteiger partial charge in [0.25, 0.3) is 0 Å². The number of carboxylic acid groups (broad SMARTS) is 1. The molecule has 0 bridgehead atoms. The molecule has 2 amide bonds. The van der Waals surface area contributed by atoms with Gasteiger partial charge >= 0.3 is 35.5 Å². The molecule has 132 valence electrons. The average molecular weight is 375 g/mol. The van der Waals surface area contributed by atoms with Gasteiger partial charge in [0.2, 0.25) is 11.8 Å². The van der Waals surface area contributed by atoms with Gasteiger partial charge in [-0.3, -0.25) is 9.59 Å². The third-order valence-corrected chi connectivity index (χ3v) is 6.26. The number of nitrogens with one attached hydrogen (secondary N) is 1. The van der Waals surface area contributed by atoms with Crippen molar-refractivity contribution in [1.29, 1.82) is 0 Å². The van der Waals surface area contributed by atoms with Crippen LogP contribution in [0.4, 0.5) is 0 Å². The maximum absolute atomic E-state index is 12.4. The molecule has 2 saturated heterocycles. The minimum absolute atomic E-state index is 0. The number of thioether (sulfide) groups is 1. The molecular formula is C16H22N3NaO4S. The molecule has 0 saturated carbocycles. The summed E-state index contributed by atoms with van der Waals surface area (Å²) < 4.78 is -0.607. The van der Waals surface area contributed by atoms with Crippen LogP contribution in [0, 0.1) is 0 Å². The molecule has 0 spiro atoms. The molecule has 4 N–H and O–H groups in total. The van der Waals surface area contributed by atoms with E-state index < -0.39 is 34.7 Å². The van der Waals surface area contributed by atoms with Crippen molar-refractivity contribution >= 4 is 59.1 Å². The van der Waals surface area contributed by atoms with E-state index in [9.17, 15) is 19.5 Å². The maximum atomic E-state index is 12.4. The van der Waals surface area contributed by atoms with E-state index in [4.69, 9.17) is 5.73 Å². The van der Waals surface area contributed by atoms with Crippen LogP contribution in [0.1, 0.15) is 26.7 Å². The second-order valence-electron chi connectivity index (χ2n) is 6.75. The summed E-state index contributed by atoms with van der Waals surface area (Å²) in [6.07, 6.45) is 7.27. The van der Waals surface area contributed by atoms with Gasteiger partial charge in [0.05, 0.1) is 0 Å². The van der Waals surface area contributed by atoms with Crippen molar-refractivity contribution in [2.45, 2.75) is 54.9 Å². The fraction of sp³-hybridized carbons (Fsp3) is 0.562. The number of amides is 2. The molecular weight excluding hydrogens is 353 g/mol. The minimum atomic E-state index is -1.02. The van der Waals surface area contributed by atoms with Gasteiger partial charge in [-0.2, -0.15) is 0 Å². The Morgan fingerprint density at radius 2 is 2.12 bits per heavy atom. The normalized spacial score (nSPS) is 30.5. The van der Waals surface area contributed by atoms with E-state index in [1.54, 1.807) is 13.8 Å². The molecule has 3 aliphatic rings. The van der Waals surface area contributed by atoms with Gasteiger partial charge in [0.15, 0.2) is 0 Å². The third kappa shape index (κ3) is 3.55. The molecule has 3 rings (SSSR count). The van der Waals surface area contributed by atoms with Gasteiger partial charge in [0.1, 0.15) is 23.5 Å². The zero-order valence-corrected chi connectivity index (χ0v) is 14.4. The second kappa shape index (κ2) is 7.44. The monoisotopic (exact) mass is 375 g/mol. The number of carbonyl (C=O) groups excluding carboxylic acids is 2. The zero-order chi connectivity index (χ0) is 17.6. The summed E-state index contributed by atoms with van der Waals surface area (Å²) in [5.41, 5.74) is 6.83. The predicted octanol–water partition coefficient (Wildman–Crippen LogP) is -0.427. The Kier molecular flexibility index (Phi) is 6.10. The predicted molar refractivity (Wildman–Crippen MR) is 97.2 cm³/mol. The first-order chi connectivity index (χ1) is 11.2. The molecule has 0 aromatic heterocycles. The fourth-order valence-electron chi connectivity index (χ4n) is 3.43. The number of nitrogens with two attached hydrogens (primary N) is 1. The van der Waals surface area contributed by atoms with Crippen molar-refractivity contribution in [2.24, 2.45) is 5.73 Å². The summed E-state index contributed by atoms with van der Waals surface area (Å²) in [5, 5.41) is 11.7. The Morgan fingerprint density at radius 1 is 1.44 bits per heavy atom. The summed E-state index contributed by atoms with van der Waals surface area (Å²) in [4.78, 5) is 37.5. The number of nitrogens with zero attached hydrogens (tertiary/aromatic N) is 1. The van der Waals surface area contributed by atoms with Crippen LogP contribution in [-0.4, -0.2) is 85.6 Å². The van der Waals surface area contributed by atoms with Crippen molar-refractivity contribution in [3.63, 3.8) is 0 Å². The molecule has 7 nitrogen and oxygen atoms in total. The number of aliphatic carboxylic acids is 1. The molecule has 9 heteroatoms. The zero-order valence-electron chi connectivity index (χ0n) is 13.6. The molecule has 1 aliphatic carbocycles. The number of allylic oxidation sites excluding steroid dienone is 3. The number of rotatable bonds is 4. The Morgan fingerprint density at radius 3 is 2.68 bits per heavy atom. The van der Waals surface area contributed by atoms with Crippen molar-refractivity contribution in [3.8, 4) is 0 Å². The Hall–Kier alpha value is -0.800. The van der Waals surface area contributed by atoms with Crippen LogP contribution in [0.2, 0.25) is 0 Å². The number of carbonyl (C=O) groups is 3. The SMILES string of the molecule is CC1(C)S[C@@H]2[C@H](NC(=O)[C@H](N)C3=CCC=CC3)C(=O)N2[C@H]1C(=O)O.[NaH]. The summed E-state index contributed by atoms with van der Waals surface area (Å²) in [5.74, 6) is -1.78. The van der Waals surface area contributed by atoms with Crippen LogP contribution < -0.4 is 11.1 Å². The molecule has 25 heavy (non-hydrogen) atoms. The van der Waals surface area contributed by atoms with Gasteiger partial charge in [-0.1, -0.05) is 18.2 Å². The van der Waals surface area contributed by atoms with Crippen molar-refractivity contribution in [2.75, 3.05) is 0 Å². The molecule has 0 unspecified atom stereocenters. The number of hydrogen-bond acceptors (Lipinski definition) is 5. The van der Waals surface area contributed by atoms with Crippen molar-refractivity contribution in [1.82, 2.24) is 10.2 Å². The first kappa shape index (κ1) is 20.5. The van der Waals surface area contributed by atoms with Crippen LogP contribution in [-0.2, 0) is 14.4 Å². The van der Waals surface area contributed by atoms with E-state index in [1.807, 2.05) is 18.2 Å². The van der Waals surface area contributed by atoms with Gasteiger partial charge in [-0.25, -0.2) is 4.79 Å². The van der Waals surface area contributed by atoms with Crippen LogP contribution >= 0.6 is 11.8 Å². The van der Waals surface area contributed by atoms with Gasteiger partial charge in [-0.15, -0.1) is 11.8 Å². The van der Waals surface area contributed by atoms with Gasteiger partial charge < -0.3 is 21.1 Å². The van der Waals surface area contributed by atoms with E-state index in [-0.39, 0.29) is 40.8 Å². The Bertz CT molecular complexity index is 664. The number of fused-ring (bicyclic) bond motifs is 1. The van der Waals surface area contributed by atoms with E-state index >= 15 is 0 Å². The first-order valence-electron chi connectivity index (χ1n) is 7.86. The van der Waals surface area contributed by atoms with Crippen LogP contribution in [0.3, 0.4) is 0 Å². The number of carboxylic acids is 1. The Balaban J connectivity index is 0.00000225. The van der Waals surface area contributed by atoms with E-state index in [0.717, 1.165) is 12.0 Å². The first-order valence-corrected chi connectivity index (χ1v) is 8.74. The second-order valence-corrected chi connectivity index (χ2v) is 8.52. The Labute approximate surface area is 172 Å². The molecule has 2 heterocycles. The van der Waals surface area contributed by atoms with E-state index in [1.165, 1.54) is 16.7 Å². The van der Waals surface area contributed by atoms with Crippen LogP contribution in [0.5, 0.6) is 0 Å². The topological polar surface area (TPSA) is 113 Å². The molecule has 2 fully saturated rings. The molecule has 2 aliphatic heterocycles. The molecule has 0 aromatic rings. The third-order valence-electron chi connectivity index (χ3n) is 4.69. The fourth-order valence-corrected chi connectivity index (χ4v) is 5.05. The van der Waals surface area contributed by atoms with Gasteiger partial charge in [0, 0.05) is 4.75 Å².